The number of hydrogen-bond donors (Lipinski definition) is 1. The number of benzene rings is 2. The van der Waals surface area contributed by atoms with Gasteiger partial charge in [0.15, 0.2) is 0 Å². The van der Waals surface area contributed by atoms with E-state index in [1.165, 1.54) is 7.11 Å². The molecule has 0 saturated heterocycles. The number of aliphatic carboxylic acids is 1. The highest BCUT2D eigenvalue weighted by Crippen LogP contribution is 2.30. The molecule has 0 aromatic heterocycles. The summed E-state index contributed by atoms with van der Waals surface area (Å²) < 4.78 is 5.09. The van der Waals surface area contributed by atoms with Gasteiger partial charge in [-0.1, -0.05) is 48.0 Å². The zero-order valence-corrected chi connectivity index (χ0v) is 12.5. The number of carbonyl (C=O) groups is 1. The first-order valence-electron chi connectivity index (χ1n) is 6.72. The number of ether oxygens (including phenoxy) is 1. The van der Waals surface area contributed by atoms with Crippen LogP contribution >= 0.6 is 11.6 Å². The summed E-state index contributed by atoms with van der Waals surface area (Å²) in [4.78, 5) is 11.5. The maximum atomic E-state index is 11.5. The van der Waals surface area contributed by atoms with Crippen LogP contribution in [-0.2, 0) is 11.2 Å². The van der Waals surface area contributed by atoms with Gasteiger partial charge in [0.25, 0.3) is 0 Å². The van der Waals surface area contributed by atoms with Crippen LogP contribution in [-0.4, -0.2) is 18.2 Å². The van der Waals surface area contributed by atoms with Crippen LogP contribution in [0.5, 0.6) is 5.75 Å². The van der Waals surface area contributed by atoms with Crippen LogP contribution in [0.3, 0.4) is 0 Å². The van der Waals surface area contributed by atoms with Gasteiger partial charge in [-0.25, -0.2) is 0 Å². The third kappa shape index (κ3) is 3.99. The highest BCUT2D eigenvalue weighted by Gasteiger charge is 2.20. The Labute approximate surface area is 129 Å². The molecule has 2 rings (SSSR count). The van der Waals surface area contributed by atoms with Gasteiger partial charge in [-0.15, -0.1) is 0 Å². The fourth-order valence-corrected chi connectivity index (χ4v) is 2.55. The zero-order chi connectivity index (χ0) is 15.2. The van der Waals surface area contributed by atoms with Crippen LogP contribution < -0.4 is 4.74 Å². The largest absolute Gasteiger partial charge is 0.495 e. The molecule has 2 aromatic rings. The van der Waals surface area contributed by atoms with Gasteiger partial charge in [-0.05, 0) is 36.1 Å². The highest BCUT2D eigenvalue weighted by molar-refractivity contribution is 6.32. The molecule has 0 aliphatic rings. The normalized spacial score (nSPS) is 11.9. The Morgan fingerprint density at radius 1 is 1.24 bits per heavy atom. The molecule has 0 aliphatic heterocycles. The molecule has 0 aliphatic carbocycles. The van der Waals surface area contributed by atoms with Gasteiger partial charge in [0.05, 0.1) is 18.1 Å². The van der Waals surface area contributed by atoms with E-state index in [0.29, 0.717) is 29.2 Å². The summed E-state index contributed by atoms with van der Waals surface area (Å²) in [6.45, 7) is 0. The third-order valence-corrected chi connectivity index (χ3v) is 3.74. The number of halogens is 1. The Bertz CT molecular complexity index is 611. The SMILES string of the molecule is COc1ccc(C(CCc2ccccc2)C(=O)O)cc1Cl. The monoisotopic (exact) mass is 304 g/mol. The molecule has 1 unspecified atom stereocenters. The van der Waals surface area contributed by atoms with E-state index in [1.54, 1.807) is 18.2 Å². The lowest BCUT2D eigenvalue weighted by Gasteiger charge is -2.14. The van der Waals surface area contributed by atoms with Crippen molar-refractivity contribution in [2.24, 2.45) is 0 Å². The molecular formula is C17H17ClO3. The van der Waals surface area contributed by atoms with E-state index in [9.17, 15) is 9.90 Å². The molecule has 0 radical (unpaired) electrons. The number of aryl methyl sites for hydroxylation is 1. The van der Waals surface area contributed by atoms with Crippen LogP contribution in [0.4, 0.5) is 0 Å². The first-order valence-corrected chi connectivity index (χ1v) is 7.09. The van der Waals surface area contributed by atoms with Crippen molar-refractivity contribution < 1.29 is 14.6 Å². The van der Waals surface area contributed by atoms with Gasteiger partial charge in [0.2, 0.25) is 0 Å². The van der Waals surface area contributed by atoms with Gasteiger partial charge in [-0.3, -0.25) is 4.79 Å². The average Bonchev–Trinajstić information content (AvgIpc) is 2.48. The summed E-state index contributed by atoms with van der Waals surface area (Å²) in [6, 6.07) is 15.0. The quantitative estimate of drug-likeness (QED) is 0.872. The topological polar surface area (TPSA) is 46.5 Å². The van der Waals surface area contributed by atoms with Crippen LogP contribution in [0.25, 0.3) is 0 Å². The number of hydrogen-bond acceptors (Lipinski definition) is 2. The second-order valence-electron chi connectivity index (χ2n) is 4.81. The molecule has 0 bridgehead atoms. The van der Waals surface area contributed by atoms with E-state index in [4.69, 9.17) is 16.3 Å². The first-order chi connectivity index (χ1) is 10.1. The van der Waals surface area contributed by atoms with E-state index >= 15 is 0 Å². The second kappa shape index (κ2) is 7.14. The smallest absolute Gasteiger partial charge is 0.310 e. The van der Waals surface area contributed by atoms with Crippen LogP contribution in [0.2, 0.25) is 5.02 Å². The third-order valence-electron chi connectivity index (χ3n) is 3.44. The molecule has 21 heavy (non-hydrogen) atoms. The van der Waals surface area contributed by atoms with E-state index in [-0.39, 0.29) is 0 Å². The Balaban J connectivity index is 2.15. The lowest BCUT2D eigenvalue weighted by Crippen LogP contribution is -2.12. The van der Waals surface area contributed by atoms with Crippen LogP contribution in [0.1, 0.15) is 23.5 Å². The molecule has 1 N–H and O–H groups in total. The van der Waals surface area contributed by atoms with E-state index in [2.05, 4.69) is 0 Å². The molecule has 4 heteroatoms. The summed E-state index contributed by atoms with van der Waals surface area (Å²) in [6.07, 6.45) is 1.24. The molecule has 0 spiro atoms. The van der Waals surface area contributed by atoms with Gasteiger partial charge in [-0.2, -0.15) is 0 Å². The molecule has 0 saturated carbocycles. The lowest BCUT2D eigenvalue weighted by atomic mass is 9.92. The van der Waals surface area contributed by atoms with Gasteiger partial charge in [0, 0.05) is 0 Å². The number of rotatable bonds is 6. The van der Waals surface area contributed by atoms with E-state index < -0.39 is 11.9 Å². The van der Waals surface area contributed by atoms with Gasteiger partial charge in [0.1, 0.15) is 5.75 Å². The minimum Gasteiger partial charge on any atom is -0.495 e. The van der Waals surface area contributed by atoms with E-state index in [0.717, 1.165) is 5.56 Å². The Kier molecular flexibility index (Phi) is 5.23. The predicted molar refractivity (Wildman–Crippen MR) is 83.1 cm³/mol. The summed E-state index contributed by atoms with van der Waals surface area (Å²) >= 11 is 6.08. The maximum absolute atomic E-state index is 11.5. The van der Waals surface area contributed by atoms with Gasteiger partial charge >= 0.3 is 5.97 Å². The van der Waals surface area contributed by atoms with Gasteiger partial charge < -0.3 is 9.84 Å². The van der Waals surface area contributed by atoms with Crippen molar-refractivity contribution >= 4 is 17.6 Å². The summed E-state index contributed by atoms with van der Waals surface area (Å²) in [5, 5.41) is 9.88. The minimum absolute atomic E-state index is 0.431. The number of carboxylic acid groups (broad SMARTS) is 1. The first kappa shape index (κ1) is 15.4. The molecule has 1 atom stereocenters. The molecule has 0 fully saturated rings. The summed E-state index contributed by atoms with van der Waals surface area (Å²) in [5.41, 5.74) is 1.83. The maximum Gasteiger partial charge on any atom is 0.310 e. The van der Waals surface area contributed by atoms with Crippen LogP contribution in [0, 0.1) is 0 Å². The molecule has 2 aromatic carbocycles. The number of methoxy groups -OCH3 is 1. The molecular weight excluding hydrogens is 288 g/mol. The second-order valence-corrected chi connectivity index (χ2v) is 5.22. The average molecular weight is 305 g/mol. The molecule has 0 heterocycles. The van der Waals surface area contributed by atoms with Crippen molar-refractivity contribution in [2.75, 3.05) is 7.11 Å². The molecule has 110 valence electrons. The fourth-order valence-electron chi connectivity index (χ4n) is 2.29. The fraction of sp³-hybridized carbons (Fsp3) is 0.235. The molecule has 3 nitrogen and oxygen atoms in total. The van der Waals surface area contributed by atoms with Crippen molar-refractivity contribution in [2.45, 2.75) is 18.8 Å². The zero-order valence-electron chi connectivity index (χ0n) is 11.8. The number of carboxylic acids is 1. The summed E-state index contributed by atoms with van der Waals surface area (Å²) in [5.74, 6) is -0.867. The van der Waals surface area contributed by atoms with Crippen molar-refractivity contribution in [3.63, 3.8) is 0 Å². The Hall–Kier alpha value is -2.00. The minimum atomic E-state index is -0.841. The summed E-state index contributed by atoms with van der Waals surface area (Å²) in [7, 11) is 1.53. The Morgan fingerprint density at radius 3 is 2.52 bits per heavy atom. The van der Waals surface area contributed by atoms with Crippen molar-refractivity contribution in [1.29, 1.82) is 0 Å². The predicted octanol–water partition coefficient (Wildman–Crippen LogP) is 4.15. The standard InChI is InChI=1S/C17H17ClO3/c1-21-16-10-8-13(11-15(16)18)14(17(19)20)9-7-12-5-3-2-4-6-12/h2-6,8,10-11,14H,7,9H2,1H3,(H,19,20). The van der Waals surface area contributed by atoms with Crippen molar-refractivity contribution in [1.82, 2.24) is 0 Å². The Morgan fingerprint density at radius 2 is 1.95 bits per heavy atom. The highest BCUT2D eigenvalue weighted by atomic mass is 35.5. The molecule has 0 amide bonds. The van der Waals surface area contributed by atoms with Crippen LogP contribution in [0.15, 0.2) is 48.5 Å². The van der Waals surface area contributed by atoms with Crippen molar-refractivity contribution in [3.05, 3.63) is 64.7 Å². The van der Waals surface area contributed by atoms with E-state index in [1.807, 2.05) is 30.3 Å². The van der Waals surface area contributed by atoms with Crippen molar-refractivity contribution in [3.8, 4) is 5.75 Å². The lowest BCUT2D eigenvalue weighted by molar-refractivity contribution is -0.138.